The molecule has 3 rings (SSSR count). The zero-order chi connectivity index (χ0) is 12.5. The third-order valence-corrected chi connectivity index (χ3v) is 4.34. The molecule has 0 bridgehead atoms. The first-order valence-corrected chi connectivity index (χ1v) is 6.89. The molecular formula is C14H19ClN2O. The third kappa shape index (κ3) is 2.35. The predicted octanol–water partition coefficient (Wildman–Crippen LogP) is 2.00. The number of ether oxygens (including phenoxy) is 1. The average Bonchev–Trinajstić information content (AvgIpc) is 2.90. The number of halogens is 1. The summed E-state index contributed by atoms with van der Waals surface area (Å²) in [6, 6.07) is 5.86. The molecule has 2 heterocycles. The molecule has 0 aromatic heterocycles. The SMILES string of the molecule is COc1ccc(Cl)cc1CN1CC2CNCC2C1. The summed E-state index contributed by atoms with van der Waals surface area (Å²) in [6.45, 7) is 5.67. The lowest BCUT2D eigenvalue weighted by Gasteiger charge is -2.18. The van der Waals surface area contributed by atoms with Crippen LogP contribution >= 0.6 is 11.6 Å². The van der Waals surface area contributed by atoms with Crippen molar-refractivity contribution in [2.24, 2.45) is 11.8 Å². The molecule has 2 aliphatic heterocycles. The Labute approximate surface area is 113 Å². The number of rotatable bonds is 3. The summed E-state index contributed by atoms with van der Waals surface area (Å²) in [5.74, 6) is 2.60. The predicted molar refractivity (Wildman–Crippen MR) is 73.1 cm³/mol. The fourth-order valence-electron chi connectivity index (χ4n) is 3.19. The van der Waals surface area contributed by atoms with E-state index in [1.54, 1.807) is 7.11 Å². The summed E-state index contributed by atoms with van der Waals surface area (Å²) in [4.78, 5) is 2.52. The van der Waals surface area contributed by atoms with Crippen LogP contribution in [0.15, 0.2) is 18.2 Å². The minimum atomic E-state index is 0.784. The quantitative estimate of drug-likeness (QED) is 0.906. The molecule has 1 N–H and O–H groups in total. The van der Waals surface area contributed by atoms with Gasteiger partial charge in [0.2, 0.25) is 0 Å². The van der Waals surface area contributed by atoms with Gasteiger partial charge in [-0.2, -0.15) is 0 Å². The van der Waals surface area contributed by atoms with Crippen LogP contribution in [0.25, 0.3) is 0 Å². The van der Waals surface area contributed by atoms with E-state index < -0.39 is 0 Å². The van der Waals surface area contributed by atoms with Gasteiger partial charge in [-0.1, -0.05) is 11.6 Å². The number of likely N-dealkylation sites (tertiary alicyclic amines) is 1. The molecule has 98 valence electrons. The van der Waals surface area contributed by atoms with Crippen LogP contribution in [-0.4, -0.2) is 38.2 Å². The van der Waals surface area contributed by atoms with Gasteiger partial charge in [-0.15, -0.1) is 0 Å². The molecule has 3 nitrogen and oxygen atoms in total. The maximum absolute atomic E-state index is 6.07. The van der Waals surface area contributed by atoms with Gasteiger partial charge in [-0.05, 0) is 43.1 Å². The van der Waals surface area contributed by atoms with Crippen molar-refractivity contribution in [2.75, 3.05) is 33.3 Å². The Hall–Kier alpha value is -0.770. The third-order valence-electron chi connectivity index (χ3n) is 4.10. The lowest BCUT2D eigenvalue weighted by Crippen LogP contribution is -2.25. The minimum Gasteiger partial charge on any atom is -0.496 e. The molecule has 4 heteroatoms. The summed E-state index contributed by atoms with van der Waals surface area (Å²) in [6.07, 6.45) is 0. The van der Waals surface area contributed by atoms with Gasteiger partial charge < -0.3 is 10.1 Å². The first-order chi connectivity index (χ1) is 8.76. The molecule has 18 heavy (non-hydrogen) atoms. The Kier molecular flexibility index (Phi) is 3.46. The van der Waals surface area contributed by atoms with E-state index in [1.165, 1.54) is 31.7 Å². The number of benzene rings is 1. The fraction of sp³-hybridized carbons (Fsp3) is 0.571. The number of hydrogen-bond donors (Lipinski definition) is 1. The normalized spacial score (nSPS) is 27.4. The standard InChI is InChI=1S/C14H19ClN2O/c1-18-14-3-2-13(15)4-10(14)7-17-8-11-5-16-6-12(11)9-17/h2-4,11-12,16H,5-9H2,1H3. The maximum Gasteiger partial charge on any atom is 0.123 e. The minimum absolute atomic E-state index is 0.784. The van der Waals surface area contributed by atoms with Gasteiger partial charge in [0.25, 0.3) is 0 Å². The van der Waals surface area contributed by atoms with Gasteiger partial charge in [-0.3, -0.25) is 4.90 Å². The molecule has 2 fully saturated rings. The van der Waals surface area contributed by atoms with Gasteiger partial charge in [0.05, 0.1) is 7.11 Å². The molecule has 0 saturated carbocycles. The van der Waals surface area contributed by atoms with E-state index in [0.29, 0.717) is 0 Å². The van der Waals surface area contributed by atoms with E-state index in [2.05, 4.69) is 10.2 Å². The Morgan fingerprint density at radius 3 is 2.72 bits per heavy atom. The summed E-state index contributed by atoms with van der Waals surface area (Å²) in [5, 5.41) is 4.25. The average molecular weight is 267 g/mol. The van der Waals surface area contributed by atoms with Crippen LogP contribution in [0.3, 0.4) is 0 Å². The van der Waals surface area contributed by atoms with Gasteiger partial charge in [0.15, 0.2) is 0 Å². The van der Waals surface area contributed by atoms with Crippen molar-refractivity contribution in [2.45, 2.75) is 6.54 Å². The summed E-state index contributed by atoms with van der Waals surface area (Å²) >= 11 is 6.07. The number of fused-ring (bicyclic) bond motifs is 1. The number of nitrogens with one attached hydrogen (secondary N) is 1. The number of nitrogens with zero attached hydrogens (tertiary/aromatic N) is 1. The molecule has 0 radical (unpaired) electrons. The zero-order valence-corrected chi connectivity index (χ0v) is 11.4. The maximum atomic E-state index is 6.07. The molecule has 0 amide bonds. The van der Waals surface area contributed by atoms with Gasteiger partial charge >= 0.3 is 0 Å². The Balaban J connectivity index is 1.71. The van der Waals surface area contributed by atoms with Crippen molar-refractivity contribution >= 4 is 11.6 Å². The lowest BCUT2D eigenvalue weighted by atomic mass is 10.0. The van der Waals surface area contributed by atoms with E-state index >= 15 is 0 Å². The largest absolute Gasteiger partial charge is 0.496 e. The lowest BCUT2D eigenvalue weighted by molar-refractivity contribution is 0.298. The molecule has 2 aliphatic rings. The second-order valence-corrected chi connectivity index (χ2v) is 5.77. The van der Waals surface area contributed by atoms with Crippen LogP contribution in [0.2, 0.25) is 5.02 Å². The Morgan fingerprint density at radius 1 is 1.33 bits per heavy atom. The molecule has 0 aliphatic carbocycles. The van der Waals surface area contributed by atoms with Crippen molar-refractivity contribution in [1.82, 2.24) is 10.2 Å². The molecule has 2 saturated heterocycles. The molecule has 2 atom stereocenters. The van der Waals surface area contributed by atoms with Gasteiger partial charge in [0, 0.05) is 30.2 Å². The summed E-state index contributed by atoms with van der Waals surface area (Å²) in [5.41, 5.74) is 1.19. The Bertz CT molecular complexity index is 426. The number of methoxy groups -OCH3 is 1. The van der Waals surface area contributed by atoms with Crippen molar-refractivity contribution in [3.05, 3.63) is 28.8 Å². The molecule has 0 spiro atoms. The fourth-order valence-corrected chi connectivity index (χ4v) is 3.39. The van der Waals surface area contributed by atoms with Crippen molar-refractivity contribution in [3.8, 4) is 5.75 Å². The van der Waals surface area contributed by atoms with Crippen molar-refractivity contribution in [3.63, 3.8) is 0 Å². The highest BCUT2D eigenvalue weighted by molar-refractivity contribution is 6.30. The van der Waals surface area contributed by atoms with Crippen LogP contribution in [0.4, 0.5) is 0 Å². The van der Waals surface area contributed by atoms with Crippen LogP contribution in [-0.2, 0) is 6.54 Å². The van der Waals surface area contributed by atoms with Crippen LogP contribution < -0.4 is 10.1 Å². The van der Waals surface area contributed by atoms with Crippen LogP contribution in [0.1, 0.15) is 5.56 Å². The van der Waals surface area contributed by atoms with Gasteiger partial charge in [0.1, 0.15) is 5.75 Å². The highest BCUT2D eigenvalue weighted by atomic mass is 35.5. The molecule has 2 unspecified atom stereocenters. The van der Waals surface area contributed by atoms with E-state index in [9.17, 15) is 0 Å². The van der Waals surface area contributed by atoms with Crippen molar-refractivity contribution in [1.29, 1.82) is 0 Å². The second kappa shape index (κ2) is 5.08. The second-order valence-electron chi connectivity index (χ2n) is 5.33. The first-order valence-electron chi connectivity index (χ1n) is 6.52. The van der Waals surface area contributed by atoms with Crippen LogP contribution in [0.5, 0.6) is 5.75 Å². The van der Waals surface area contributed by atoms with Gasteiger partial charge in [-0.25, -0.2) is 0 Å². The summed E-state index contributed by atoms with van der Waals surface area (Å²) in [7, 11) is 1.72. The van der Waals surface area contributed by atoms with Crippen LogP contribution in [0, 0.1) is 11.8 Å². The van der Waals surface area contributed by atoms with Crippen molar-refractivity contribution < 1.29 is 4.74 Å². The van der Waals surface area contributed by atoms with E-state index in [4.69, 9.17) is 16.3 Å². The van der Waals surface area contributed by atoms with E-state index in [-0.39, 0.29) is 0 Å². The number of hydrogen-bond acceptors (Lipinski definition) is 3. The highest BCUT2D eigenvalue weighted by Gasteiger charge is 2.35. The zero-order valence-electron chi connectivity index (χ0n) is 10.7. The van der Waals surface area contributed by atoms with E-state index in [0.717, 1.165) is 29.2 Å². The van der Waals surface area contributed by atoms with E-state index in [1.807, 2.05) is 18.2 Å². The topological polar surface area (TPSA) is 24.5 Å². The molecule has 1 aromatic carbocycles. The Morgan fingerprint density at radius 2 is 2.06 bits per heavy atom. The molecule has 1 aromatic rings. The summed E-state index contributed by atoms with van der Waals surface area (Å²) < 4.78 is 5.41. The smallest absolute Gasteiger partial charge is 0.123 e. The monoisotopic (exact) mass is 266 g/mol. The first kappa shape index (κ1) is 12.3. The molecular weight excluding hydrogens is 248 g/mol. The highest BCUT2D eigenvalue weighted by Crippen LogP contribution is 2.30.